The van der Waals surface area contributed by atoms with E-state index in [1.807, 2.05) is 26.0 Å². The maximum Gasteiger partial charge on any atom is 0.264 e. The van der Waals surface area contributed by atoms with Crippen molar-refractivity contribution in [2.75, 3.05) is 31.7 Å². The summed E-state index contributed by atoms with van der Waals surface area (Å²) in [6.07, 6.45) is 7.80. The summed E-state index contributed by atoms with van der Waals surface area (Å²) in [6.45, 7) is 5.76. The molecule has 2 N–H and O–H groups in total. The Labute approximate surface area is 272 Å². The zero-order chi connectivity index (χ0) is 31.9. The molecule has 2 heterocycles. The largest absolute Gasteiger partial charge is 0.490 e. The van der Waals surface area contributed by atoms with E-state index in [9.17, 15) is 18.3 Å². The summed E-state index contributed by atoms with van der Waals surface area (Å²) in [5.74, 6) is 0.387. The van der Waals surface area contributed by atoms with Crippen LogP contribution in [0.2, 0.25) is 5.02 Å². The summed E-state index contributed by atoms with van der Waals surface area (Å²) in [6, 6.07) is 11.4. The second-order valence-corrected chi connectivity index (χ2v) is 16.2. The first-order chi connectivity index (χ1) is 21.5. The molecule has 1 amide bonds. The number of carbonyl (C=O) groups excluding carboxylic acids is 1. The first-order valence-electron chi connectivity index (χ1n) is 16.2. The topological polar surface area (TPSA) is 105 Å². The zero-order valence-corrected chi connectivity index (χ0v) is 27.9. The quantitative estimate of drug-likeness (QED) is 0.412. The number of anilines is 1. The molecular weight excluding hydrogens is 612 g/mol. The molecule has 6 atom stereocenters. The summed E-state index contributed by atoms with van der Waals surface area (Å²) in [5.41, 5.74) is 3.25. The number of rotatable bonds is 3. The highest BCUT2D eigenvalue weighted by molar-refractivity contribution is 7.90. The van der Waals surface area contributed by atoms with E-state index in [0.717, 1.165) is 42.8 Å². The minimum Gasteiger partial charge on any atom is -0.490 e. The number of hydrogen-bond donors (Lipinski definition) is 2. The number of aliphatic hydroxyl groups is 1. The third-order valence-corrected chi connectivity index (χ3v) is 12.4. The highest BCUT2D eigenvalue weighted by Crippen LogP contribution is 2.46. The van der Waals surface area contributed by atoms with E-state index in [2.05, 4.69) is 21.8 Å². The summed E-state index contributed by atoms with van der Waals surface area (Å²) < 4.78 is 42.1. The number of carbonyl (C=O) groups is 1. The molecule has 2 aliphatic carbocycles. The Morgan fingerprint density at radius 3 is 2.76 bits per heavy atom. The maximum absolute atomic E-state index is 13.7. The number of amides is 1. The highest BCUT2D eigenvalue weighted by Gasteiger charge is 2.44. The van der Waals surface area contributed by atoms with Crippen molar-refractivity contribution in [2.24, 2.45) is 17.8 Å². The third-order valence-electron chi connectivity index (χ3n) is 10.4. The molecule has 244 valence electrons. The van der Waals surface area contributed by atoms with E-state index < -0.39 is 33.4 Å². The second-order valence-electron chi connectivity index (χ2n) is 13.9. The summed E-state index contributed by atoms with van der Waals surface area (Å²) in [7, 11) is -2.61. The lowest BCUT2D eigenvalue weighted by atomic mass is 9.68. The molecule has 1 fully saturated rings. The number of halogens is 1. The van der Waals surface area contributed by atoms with Crippen LogP contribution in [0.4, 0.5) is 5.69 Å². The second kappa shape index (κ2) is 12.9. The zero-order valence-electron chi connectivity index (χ0n) is 26.4. The van der Waals surface area contributed by atoms with Gasteiger partial charge in [-0.2, -0.15) is 0 Å². The summed E-state index contributed by atoms with van der Waals surface area (Å²) >= 11 is 6.40. The van der Waals surface area contributed by atoms with Crippen LogP contribution in [0.15, 0.2) is 48.6 Å². The van der Waals surface area contributed by atoms with Crippen molar-refractivity contribution in [1.29, 1.82) is 0 Å². The van der Waals surface area contributed by atoms with Gasteiger partial charge in [0.2, 0.25) is 10.0 Å². The number of nitrogens with one attached hydrogen (secondary N) is 1. The van der Waals surface area contributed by atoms with Gasteiger partial charge in [0.15, 0.2) is 0 Å². The Bertz CT molecular complexity index is 1560. The number of sulfonamides is 1. The average molecular weight is 657 g/mol. The Hall–Kier alpha value is -2.59. The van der Waals surface area contributed by atoms with Crippen LogP contribution in [0.1, 0.15) is 73.9 Å². The predicted molar refractivity (Wildman–Crippen MR) is 177 cm³/mol. The number of benzene rings is 2. The van der Waals surface area contributed by atoms with Crippen LogP contribution >= 0.6 is 11.6 Å². The van der Waals surface area contributed by atoms with Crippen LogP contribution < -0.4 is 14.4 Å². The van der Waals surface area contributed by atoms with Gasteiger partial charge >= 0.3 is 0 Å². The van der Waals surface area contributed by atoms with Gasteiger partial charge < -0.3 is 19.5 Å². The van der Waals surface area contributed by atoms with Crippen LogP contribution in [-0.4, -0.2) is 63.7 Å². The fraction of sp³-hybridized carbons (Fsp3) is 0.571. The number of hydrogen-bond acceptors (Lipinski definition) is 7. The van der Waals surface area contributed by atoms with E-state index in [-0.39, 0.29) is 28.7 Å². The van der Waals surface area contributed by atoms with Gasteiger partial charge in [-0.25, -0.2) is 13.1 Å². The Balaban J connectivity index is 1.42. The van der Waals surface area contributed by atoms with Gasteiger partial charge in [0, 0.05) is 36.2 Å². The highest BCUT2D eigenvalue weighted by atomic mass is 35.5. The Morgan fingerprint density at radius 2 is 2.02 bits per heavy atom. The summed E-state index contributed by atoms with van der Waals surface area (Å²) in [5, 5.41) is 11.1. The first kappa shape index (κ1) is 32.4. The minimum atomic E-state index is -4.10. The van der Waals surface area contributed by atoms with Crippen LogP contribution in [0, 0.1) is 17.8 Å². The fourth-order valence-electron chi connectivity index (χ4n) is 7.91. The SMILES string of the molecule is CO[C@@H]1C/C=C\[C@H](O)[C@@H]2CC[C@H]2CN2C[C@@]3(CCCc4cc(Cl)ccc43)COc3ccc(cc32)C(=O)NS(=O)(=O)[C@H]1CC(C)C. The normalized spacial score (nSPS) is 32.0. The van der Waals surface area contributed by atoms with Gasteiger partial charge in [-0.1, -0.05) is 43.7 Å². The van der Waals surface area contributed by atoms with Gasteiger partial charge in [-0.3, -0.25) is 4.79 Å². The molecule has 6 rings (SSSR count). The van der Waals surface area contributed by atoms with Gasteiger partial charge in [0.1, 0.15) is 11.0 Å². The Morgan fingerprint density at radius 1 is 1.20 bits per heavy atom. The van der Waals surface area contributed by atoms with Crippen molar-refractivity contribution in [1.82, 2.24) is 4.72 Å². The molecule has 2 aromatic rings. The standard InChI is InChI=1S/C35H45ClN2O6S/c1-22(2)16-33-32(43-3)8-4-7-30(39)27-12-9-25(27)19-38-20-35(15-5-6-23-17-26(36)11-13-28(23)35)21-44-31-14-10-24(18-29(31)38)34(40)37-45(33,41)42/h4,7,10-11,13-14,17-18,22,25,27,30,32-33,39H,5-6,8-9,12,15-16,19-21H2,1-3H3,(H,37,40)/b7-4-/t25-,27+,30-,32+,33-,35-/m0/s1. The van der Waals surface area contributed by atoms with Gasteiger partial charge in [-0.05, 0) is 104 Å². The van der Waals surface area contributed by atoms with Crippen LogP contribution in [0.3, 0.4) is 0 Å². The molecule has 4 aliphatic rings. The molecule has 0 unspecified atom stereocenters. The lowest BCUT2D eigenvalue weighted by Crippen LogP contribution is -2.49. The van der Waals surface area contributed by atoms with Gasteiger partial charge in [-0.15, -0.1) is 0 Å². The predicted octanol–water partition coefficient (Wildman–Crippen LogP) is 5.65. The number of fused-ring (bicyclic) bond motifs is 4. The molecule has 0 radical (unpaired) electrons. The smallest absolute Gasteiger partial charge is 0.264 e. The van der Waals surface area contributed by atoms with E-state index in [0.29, 0.717) is 38.3 Å². The Kier molecular flexibility index (Phi) is 9.27. The molecule has 45 heavy (non-hydrogen) atoms. The maximum atomic E-state index is 13.7. The van der Waals surface area contributed by atoms with E-state index in [4.69, 9.17) is 21.1 Å². The molecule has 1 spiro atoms. The van der Waals surface area contributed by atoms with E-state index in [1.54, 1.807) is 24.3 Å². The molecule has 1 saturated carbocycles. The molecule has 0 aromatic heterocycles. The van der Waals surface area contributed by atoms with E-state index >= 15 is 0 Å². The van der Waals surface area contributed by atoms with Crippen molar-refractivity contribution >= 4 is 33.2 Å². The fourth-order valence-corrected chi connectivity index (χ4v) is 9.89. The lowest BCUT2D eigenvalue weighted by molar-refractivity contribution is 0.0451. The average Bonchev–Trinajstić information content (AvgIpc) is 3.12. The first-order valence-corrected chi connectivity index (χ1v) is 18.2. The lowest BCUT2D eigenvalue weighted by Gasteiger charge is -2.45. The van der Waals surface area contributed by atoms with Gasteiger partial charge in [0.25, 0.3) is 5.91 Å². The molecular formula is C35H45ClN2O6S. The van der Waals surface area contributed by atoms with Crippen molar-refractivity contribution in [3.8, 4) is 5.75 Å². The van der Waals surface area contributed by atoms with Crippen LogP contribution in [-0.2, 0) is 26.6 Å². The number of aryl methyl sites for hydroxylation is 1. The number of aliphatic hydroxyl groups excluding tert-OH is 1. The molecule has 2 aliphatic heterocycles. The van der Waals surface area contributed by atoms with Crippen molar-refractivity contribution in [2.45, 2.75) is 81.7 Å². The molecule has 10 heteroatoms. The molecule has 2 aromatic carbocycles. The number of nitrogens with zero attached hydrogens (tertiary/aromatic N) is 1. The molecule has 0 saturated heterocycles. The van der Waals surface area contributed by atoms with Gasteiger partial charge in [0.05, 0.1) is 24.5 Å². The molecule has 8 nitrogen and oxygen atoms in total. The number of ether oxygens (including phenoxy) is 2. The monoisotopic (exact) mass is 656 g/mol. The van der Waals surface area contributed by atoms with Crippen molar-refractivity contribution in [3.05, 3.63) is 70.3 Å². The number of methoxy groups -OCH3 is 1. The third kappa shape index (κ3) is 6.51. The molecule has 2 bridgehead atoms. The van der Waals surface area contributed by atoms with E-state index in [1.165, 1.54) is 18.2 Å². The van der Waals surface area contributed by atoms with Crippen molar-refractivity contribution in [3.63, 3.8) is 0 Å². The summed E-state index contributed by atoms with van der Waals surface area (Å²) in [4.78, 5) is 16.0. The van der Waals surface area contributed by atoms with Crippen LogP contribution in [0.25, 0.3) is 0 Å². The minimum absolute atomic E-state index is 0.0571. The van der Waals surface area contributed by atoms with Crippen LogP contribution in [0.5, 0.6) is 5.75 Å². The van der Waals surface area contributed by atoms with Crippen molar-refractivity contribution < 1.29 is 27.8 Å².